The third-order valence-electron chi connectivity index (χ3n) is 1.79. The lowest BCUT2D eigenvalue weighted by molar-refractivity contribution is 0.306. The summed E-state index contributed by atoms with van der Waals surface area (Å²) in [5.74, 6) is 1.03. The average Bonchev–Trinajstić information content (AvgIpc) is 2.63. The Balaban J connectivity index is 1.90. The molecule has 0 radical (unpaired) electrons. The standard InChI is InChI=1S/C10H15IOS/c11-6-3-1-2-4-7-12-10-5-8-13-9-10/h5,8-9H,1-4,6-7H2. The molecule has 0 saturated carbocycles. The van der Waals surface area contributed by atoms with Crippen LogP contribution in [0.2, 0.25) is 0 Å². The molecule has 0 fully saturated rings. The maximum atomic E-state index is 5.53. The van der Waals surface area contributed by atoms with E-state index in [-0.39, 0.29) is 0 Å². The van der Waals surface area contributed by atoms with E-state index in [2.05, 4.69) is 22.6 Å². The minimum atomic E-state index is 0.873. The number of halogens is 1. The molecule has 0 aliphatic carbocycles. The van der Waals surface area contributed by atoms with Crippen molar-refractivity contribution in [3.8, 4) is 5.75 Å². The molecule has 3 heteroatoms. The number of alkyl halides is 1. The number of ether oxygens (including phenoxy) is 1. The van der Waals surface area contributed by atoms with E-state index in [9.17, 15) is 0 Å². The van der Waals surface area contributed by atoms with Crippen LogP contribution in [-0.4, -0.2) is 11.0 Å². The molecule has 0 amide bonds. The van der Waals surface area contributed by atoms with Gasteiger partial charge in [0, 0.05) is 5.38 Å². The molecule has 0 bridgehead atoms. The molecular formula is C10H15IOS. The van der Waals surface area contributed by atoms with Crippen LogP contribution in [0.3, 0.4) is 0 Å². The van der Waals surface area contributed by atoms with Crippen LogP contribution in [0.4, 0.5) is 0 Å². The fourth-order valence-corrected chi connectivity index (χ4v) is 2.19. The maximum absolute atomic E-state index is 5.53. The largest absolute Gasteiger partial charge is 0.493 e. The quantitative estimate of drug-likeness (QED) is 0.418. The minimum Gasteiger partial charge on any atom is -0.493 e. The van der Waals surface area contributed by atoms with Crippen LogP contribution in [0.1, 0.15) is 25.7 Å². The van der Waals surface area contributed by atoms with Crippen molar-refractivity contribution in [1.82, 2.24) is 0 Å². The second-order valence-corrected chi connectivity index (χ2v) is 4.77. The van der Waals surface area contributed by atoms with Gasteiger partial charge in [0.2, 0.25) is 0 Å². The Morgan fingerprint density at radius 2 is 2.08 bits per heavy atom. The molecule has 0 aromatic carbocycles. The predicted octanol–water partition coefficient (Wildman–Crippen LogP) is 4.12. The molecule has 0 aliphatic rings. The molecule has 0 aliphatic heterocycles. The molecule has 0 unspecified atom stereocenters. The van der Waals surface area contributed by atoms with Crippen molar-refractivity contribution in [2.75, 3.05) is 11.0 Å². The lowest BCUT2D eigenvalue weighted by Gasteiger charge is -2.02. The number of unbranched alkanes of at least 4 members (excludes halogenated alkanes) is 3. The fourth-order valence-electron chi connectivity index (χ4n) is 1.07. The van der Waals surface area contributed by atoms with Crippen LogP contribution in [0.25, 0.3) is 0 Å². The van der Waals surface area contributed by atoms with E-state index >= 15 is 0 Å². The van der Waals surface area contributed by atoms with Gasteiger partial charge in [-0.25, -0.2) is 0 Å². The Morgan fingerprint density at radius 3 is 2.77 bits per heavy atom. The lowest BCUT2D eigenvalue weighted by atomic mass is 10.2. The predicted molar refractivity (Wildman–Crippen MR) is 67.2 cm³/mol. The fraction of sp³-hybridized carbons (Fsp3) is 0.600. The van der Waals surface area contributed by atoms with Gasteiger partial charge < -0.3 is 4.74 Å². The van der Waals surface area contributed by atoms with E-state index in [4.69, 9.17) is 4.74 Å². The van der Waals surface area contributed by atoms with E-state index < -0.39 is 0 Å². The van der Waals surface area contributed by atoms with Crippen molar-refractivity contribution in [2.24, 2.45) is 0 Å². The number of hydrogen-bond acceptors (Lipinski definition) is 2. The first kappa shape index (κ1) is 11.3. The molecule has 13 heavy (non-hydrogen) atoms. The zero-order valence-corrected chi connectivity index (χ0v) is 10.6. The first-order chi connectivity index (χ1) is 6.43. The molecule has 0 saturated heterocycles. The van der Waals surface area contributed by atoms with Crippen molar-refractivity contribution >= 4 is 33.9 Å². The van der Waals surface area contributed by atoms with Crippen LogP contribution < -0.4 is 4.74 Å². The molecular weight excluding hydrogens is 295 g/mol. The van der Waals surface area contributed by atoms with Crippen LogP contribution >= 0.6 is 33.9 Å². The van der Waals surface area contributed by atoms with Gasteiger partial charge in [0.25, 0.3) is 0 Å². The molecule has 1 nitrogen and oxygen atoms in total. The summed E-state index contributed by atoms with van der Waals surface area (Å²) in [6, 6.07) is 2.02. The SMILES string of the molecule is ICCCCCCOc1ccsc1. The molecule has 1 aromatic rings. The average molecular weight is 310 g/mol. The van der Waals surface area contributed by atoms with Gasteiger partial charge in [0.15, 0.2) is 0 Å². The number of thiophene rings is 1. The van der Waals surface area contributed by atoms with Crippen molar-refractivity contribution < 1.29 is 4.74 Å². The Morgan fingerprint density at radius 1 is 1.23 bits per heavy atom. The minimum absolute atomic E-state index is 0.873. The van der Waals surface area contributed by atoms with Gasteiger partial charge in [-0.15, -0.1) is 11.3 Å². The molecule has 1 rings (SSSR count). The van der Waals surface area contributed by atoms with E-state index in [0.717, 1.165) is 12.4 Å². The third kappa shape index (κ3) is 5.52. The molecule has 1 aromatic heterocycles. The lowest BCUT2D eigenvalue weighted by Crippen LogP contribution is -1.95. The van der Waals surface area contributed by atoms with E-state index in [1.807, 2.05) is 16.8 Å². The Labute approximate surface area is 97.6 Å². The van der Waals surface area contributed by atoms with Gasteiger partial charge in [0.05, 0.1) is 6.61 Å². The number of hydrogen-bond donors (Lipinski definition) is 0. The highest BCUT2D eigenvalue weighted by Gasteiger charge is 1.93. The normalized spacial score (nSPS) is 10.2. The summed E-state index contributed by atoms with van der Waals surface area (Å²) < 4.78 is 6.82. The summed E-state index contributed by atoms with van der Waals surface area (Å²) in [7, 11) is 0. The van der Waals surface area contributed by atoms with E-state index in [1.165, 1.54) is 30.1 Å². The number of rotatable bonds is 7. The van der Waals surface area contributed by atoms with Crippen molar-refractivity contribution in [3.63, 3.8) is 0 Å². The zero-order chi connectivity index (χ0) is 9.36. The monoisotopic (exact) mass is 310 g/mol. The second kappa shape index (κ2) is 7.62. The Hall–Kier alpha value is 0.230. The first-order valence-electron chi connectivity index (χ1n) is 4.64. The topological polar surface area (TPSA) is 9.23 Å². The highest BCUT2D eigenvalue weighted by atomic mass is 127. The summed E-state index contributed by atoms with van der Waals surface area (Å²) in [5.41, 5.74) is 0. The van der Waals surface area contributed by atoms with Crippen LogP contribution in [-0.2, 0) is 0 Å². The third-order valence-corrected chi connectivity index (χ3v) is 3.22. The summed E-state index contributed by atoms with van der Waals surface area (Å²) in [6.45, 7) is 0.873. The van der Waals surface area contributed by atoms with E-state index in [1.54, 1.807) is 11.3 Å². The molecule has 0 N–H and O–H groups in total. The van der Waals surface area contributed by atoms with Gasteiger partial charge in [-0.2, -0.15) is 0 Å². The summed E-state index contributed by atoms with van der Waals surface area (Å²) in [5, 5.41) is 4.09. The summed E-state index contributed by atoms with van der Waals surface area (Å²) in [4.78, 5) is 0. The van der Waals surface area contributed by atoms with Crippen molar-refractivity contribution in [3.05, 3.63) is 16.8 Å². The molecule has 74 valence electrons. The van der Waals surface area contributed by atoms with Gasteiger partial charge in [-0.05, 0) is 28.7 Å². The second-order valence-electron chi connectivity index (χ2n) is 2.91. The van der Waals surface area contributed by atoms with Crippen molar-refractivity contribution in [2.45, 2.75) is 25.7 Å². The van der Waals surface area contributed by atoms with Crippen LogP contribution in [0.15, 0.2) is 16.8 Å². The zero-order valence-electron chi connectivity index (χ0n) is 7.67. The molecule has 1 heterocycles. The highest BCUT2D eigenvalue weighted by molar-refractivity contribution is 14.1. The van der Waals surface area contributed by atoms with Gasteiger partial charge in [-0.1, -0.05) is 35.4 Å². The highest BCUT2D eigenvalue weighted by Crippen LogP contribution is 2.15. The molecule has 0 atom stereocenters. The maximum Gasteiger partial charge on any atom is 0.129 e. The van der Waals surface area contributed by atoms with Gasteiger partial charge >= 0.3 is 0 Å². The van der Waals surface area contributed by atoms with Gasteiger partial charge in [-0.3, -0.25) is 0 Å². The first-order valence-corrected chi connectivity index (χ1v) is 7.11. The smallest absolute Gasteiger partial charge is 0.129 e. The summed E-state index contributed by atoms with van der Waals surface area (Å²) in [6.07, 6.45) is 5.18. The Kier molecular flexibility index (Phi) is 6.62. The van der Waals surface area contributed by atoms with Crippen LogP contribution in [0, 0.1) is 0 Å². The van der Waals surface area contributed by atoms with E-state index in [0.29, 0.717) is 0 Å². The molecule has 0 spiro atoms. The Bertz CT molecular complexity index is 199. The van der Waals surface area contributed by atoms with Crippen molar-refractivity contribution in [1.29, 1.82) is 0 Å². The van der Waals surface area contributed by atoms with Gasteiger partial charge in [0.1, 0.15) is 5.75 Å². The summed E-state index contributed by atoms with van der Waals surface area (Å²) >= 11 is 4.11. The van der Waals surface area contributed by atoms with Crippen LogP contribution in [0.5, 0.6) is 5.75 Å².